The van der Waals surface area contributed by atoms with Crippen LogP contribution < -0.4 is 5.43 Å². The number of carbonyl (C=O) groups excluding carboxylic acids is 1. The Morgan fingerprint density at radius 3 is 2.53 bits per heavy atom. The highest BCUT2D eigenvalue weighted by molar-refractivity contribution is 6.09. The van der Waals surface area contributed by atoms with Crippen molar-refractivity contribution in [2.45, 2.75) is 6.54 Å². The van der Waals surface area contributed by atoms with Crippen LogP contribution in [0, 0.1) is 11.2 Å². The molecule has 4 aromatic rings. The molecule has 0 bridgehead atoms. The van der Waals surface area contributed by atoms with Gasteiger partial charge in [0.1, 0.15) is 11.7 Å². The van der Waals surface area contributed by atoms with E-state index in [4.69, 9.17) is 5.41 Å². The van der Waals surface area contributed by atoms with Gasteiger partial charge in [-0.25, -0.2) is 9.37 Å². The lowest BCUT2D eigenvalue weighted by Crippen LogP contribution is -2.42. The number of nitrogens with zero attached hydrogens (tertiary/aromatic N) is 2. The molecule has 0 saturated heterocycles. The van der Waals surface area contributed by atoms with E-state index in [1.54, 1.807) is 23.2 Å². The number of fused-ring (bicyclic) bond motifs is 2. The minimum absolute atomic E-state index is 0.260. The molecular formula is C24H17FN4O. The lowest BCUT2D eigenvalue weighted by molar-refractivity contribution is 0.0871. The summed E-state index contributed by atoms with van der Waals surface area (Å²) < 4.78 is 13.3. The molecule has 2 N–H and O–H groups in total. The number of hydrogen-bond acceptors (Lipinski definition) is 3. The summed E-state index contributed by atoms with van der Waals surface area (Å²) in [6.07, 6.45) is 0. The molecule has 1 amide bonds. The van der Waals surface area contributed by atoms with Gasteiger partial charge in [-0.3, -0.25) is 20.6 Å². The highest BCUT2D eigenvalue weighted by atomic mass is 19.1. The van der Waals surface area contributed by atoms with Crippen molar-refractivity contribution >= 4 is 22.6 Å². The van der Waals surface area contributed by atoms with Crippen molar-refractivity contribution in [3.8, 4) is 11.3 Å². The number of hydrogen-bond donors (Lipinski definition) is 2. The quantitative estimate of drug-likeness (QED) is 0.535. The maximum Gasteiger partial charge on any atom is 0.270 e. The van der Waals surface area contributed by atoms with Crippen LogP contribution in [-0.2, 0) is 6.54 Å². The molecule has 30 heavy (non-hydrogen) atoms. The number of carbonyl (C=O) groups is 1. The number of nitrogens with one attached hydrogen (secondary N) is 2. The second-order valence-corrected chi connectivity index (χ2v) is 7.11. The Labute approximate surface area is 172 Å². The summed E-state index contributed by atoms with van der Waals surface area (Å²) in [5, 5.41) is 10.6. The van der Waals surface area contributed by atoms with Crippen molar-refractivity contribution in [2.75, 3.05) is 0 Å². The molecule has 0 fully saturated rings. The third kappa shape index (κ3) is 3.08. The zero-order valence-electron chi connectivity index (χ0n) is 15.9. The number of amides is 1. The van der Waals surface area contributed by atoms with Gasteiger partial charge in [0.05, 0.1) is 23.3 Å². The van der Waals surface area contributed by atoms with E-state index in [1.807, 2.05) is 48.5 Å². The van der Waals surface area contributed by atoms with Crippen LogP contribution >= 0.6 is 0 Å². The highest BCUT2D eigenvalue weighted by Crippen LogP contribution is 2.26. The van der Waals surface area contributed by atoms with Gasteiger partial charge in [-0.15, -0.1) is 0 Å². The van der Waals surface area contributed by atoms with E-state index in [-0.39, 0.29) is 17.6 Å². The summed E-state index contributed by atoms with van der Waals surface area (Å²) >= 11 is 0. The second kappa shape index (κ2) is 7.08. The van der Waals surface area contributed by atoms with Crippen LogP contribution in [-0.4, -0.2) is 21.7 Å². The summed E-state index contributed by atoms with van der Waals surface area (Å²) in [5.41, 5.74) is 7.08. The largest absolute Gasteiger partial charge is 0.283 e. The third-order valence-electron chi connectivity index (χ3n) is 5.21. The van der Waals surface area contributed by atoms with Crippen LogP contribution in [0.15, 0.2) is 78.9 Å². The first-order valence-electron chi connectivity index (χ1n) is 9.51. The highest BCUT2D eigenvalue weighted by Gasteiger charge is 2.26. The number of amidine groups is 1. The number of halogens is 1. The Morgan fingerprint density at radius 1 is 1.00 bits per heavy atom. The van der Waals surface area contributed by atoms with Gasteiger partial charge >= 0.3 is 0 Å². The molecule has 0 aliphatic carbocycles. The molecule has 146 valence electrons. The van der Waals surface area contributed by atoms with Crippen molar-refractivity contribution in [3.63, 3.8) is 0 Å². The molecule has 6 heteroatoms. The summed E-state index contributed by atoms with van der Waals surface area (Å²) in [7, 11) is 0. The Kier molecular flexibility index (Phi) is 4.25. The van der Waals surface area contributed by atoms with Gasteiger partial charge in [-0.1, -0.05) is 42.5 Å². The van der Waals surface area contributed by atoms with Gasteiger partial charge < -0.3 is 0 Å². The van der Waals surface area contributed by atoms with Crippen LogP contribution in [0.5, 0.6) is 0 Å². The monoisotopic (exact) mass is 396 g/mol. The fraction of sp³-hybridized carbons (Fsp3) is 0.0417. The van der Waals surface area contributed by atoms with Gasteiger partial charge in [-0.05, 0) is 42.0 Å². The molecule has 1 aromatic heterocycles. The Morgan fingerprint density at radius 2 is 1.73 bits per heavy atom. The molecule has 2 heterocycles. The van der Waals surface area contributed by atoms with Crippen LogP contribution in [0.2, 0.25) is 0 Å². The van der Waals surface area contributed by atoms with Crippen LogP contribution in [0.4, 0.5) is 4.39 Å². The van der Waals surface area contributed by atoms with Gasteiger partial charge in [0.15, 0.2) is 0 Å². The lowest BCUT2D eigenvalue weighted by atomic mass is 10.0. The van der Waals surface area contributed by atoms with Crippen LogP contribution in [0.1, 0.15) is 21.5 Å². The van der Waals surface area contributed by atoms with E-state index >= 15 is 0 Å². The summed E-state index contributed by atoms with van der Waals surface area (Å²) in [6, 6.07) is 22.7. The maximum absolute atomic E-state index is 13.3. The molecule has 0 saturated carbocycles. The predicted molar refractivity (Wildman–Crippen MR) is 113 cm³/mol. The topological polar surface area (TPSA) is 69.1 Å². The summed E-state index contributed by atoms with van der Waals surface area (Å²) in [5.74, 6) is -0.393. The maximum atomic E-state index is 13.3. The zero-order chi connectivity index (χ0) is 20.7. The number of pyridine rings is 1. The van der Waals surface area contributed by atoms with Gasteiger partial charge in [-0.2, -0.15) is 0 Å². The fourth-order valence-electron chi connectivity index (χ4n) is 3.69. The lowest BCUT2D eigenvalue weighted by Gasteiger charge is -2.20. The van der Waals surface area contributed by atoms with E-state index in [2.05, 4.69) is 10.4 Å². The molecule has 0 atom stereocenters. The van der Waals surface area contributed by atoms with E-state index < -0.39 is 0 Å². The zero-order valence-corrected chi connectivity index (χ0v) is 15.9. The number of para-hydroxylation sites is 1. The van der Waals surface area contributed by atoms with Gasteiger partial charge in [0.2, 0.25) is 0 Å². The first-order valence-corrected chi connectivity index (χ1v) is 9.51. The van der Waals surface area contributed by atoms with Crippen LogP contribution in [0.3, 0.4) is 0 Å². The second-order valence-electron chi connectivity index (χ2n) is 7.11. The molecular weight excluding hydrogens is 379 g/mol. The normalized spacial score (nSPS) is 12.8. The summed E-state index contributed by atoms with van der Waals surface area (Å²) in [4.78, 5) is 17.9. The smallest absolute Gasteiger partial charge is 0.270 e. The Bertz CT molecular complexity index is 1300. The van der Waals surface area contributed by atoms with Crippen molar-refractivity contribution in [2.24, 2.45) is 0 Å². The number of hydrazine groups is 1. The minimum Gasteiger partial charge on any atom is -0.283 e. The molecule has 3 aromatic carbocycles. The Balaban J connectivity index is 1.52. The van der Waals surface area contributed by atoms with E-state index in [0.717, 1.165) is 16.7 Å². The number of rotatable bonds is 3. The molecule has 5 nitrogen and oxygen atoms in total. The molecule has 1 aliphatic rings. The van der Waals surface area contributed by atoms with Crippen LogP contribution in [0.25, 0.3) is 22.2 Å². The van der Waals surface area contributed by atoms with Crippen molar-refractivity contribution in [3.05, 3.63) is 101 Å². The number of benzene rings is 3. The molecule has 5 rings (SSSR count). The van der Waals surface area contributed by atoms with Crippen molar-refractivity contribution in [1.82, 2.24) is 15.4 Å². The third-order valence-corrected chi connectivity index (χ3v) is 5.21. The van der Waals surface area contributed by atoms with Gasteiger partial charge in [0, 0.05) is 16.5 Å². The predicted octanol–water partition coefficient (Wildman–Crippen LogP) is 4.53. The van der Waals surface area contributed by atoms with Crippen molar-refractivity contribution in [1.29, 1.82) is 5.41 Å². The minimum atomic E-state index is -0.329. The van der Waals surface area contributed by atoms with Crippen molar-refractivity contribution < 1.29 is 9.18 Å². The SMILES string of the molecule is N=C1c2ccccc2CN1NC(=O)c1cc(-c2ccc(F)cc2)nc2ccccc12. The molecule has 1 aliphatic heterocycles. The van der Waals surface area contributed by atoms with E-state index in [1.165, 1.54) is 12.1 Å². The van der Waals surface area contributed by atoms with E-state index in [9.17, 15) is 9.18 Å². The van der Waals surface area contributed by atoms with Gasteiger partial charge in [0.25, 0.3) is 5.91 Å². The summed E-state index contributed by atoms with van der Waals surface area (Å²) in [6.45, 7) is 0.439. The average molecular weight is 396 g/mol. The average Bonchev–Trinajstić information content (AvgIpc) is 3.09. The molecule has 0 radical (unpaired) electrons. The standard InChI is InChI=1S/C24H17FN4O/c25-17-11-9-15(10-12-17)22-13-20(19-7-3-4-8-21(19)27-22)24(30)28-29-14-16-5-1-2-6-18(16)23(29)26/h1-13,26H,14H2,(H,28,30). The molecule has 0 spiro atoms. The van der Waals surface area contributed by atoms with E-state index in [0.29, 0.717) is 28.7 Å². The fourth-order valence-corrected chi connectivity index (χ4v) is 3.69. The first-order chi connectivity index (χ1) is 14.6. The first kappa shape index (κ1) is 18.0. The Hall–Kier alpha value is -4.06. The molecule has 0 unspecified atom stereocenters. The number of aromatic nitrogens is 1.